The lowest BCUT2D eigenvalue weighted by atomic mass is 9.91. The fourth-order valence-electron chi connectivity index (χ4n) is 5.24. The number of nitrogens with one attached hydrogen (secondary N) is 1. The van der Waals surface area contributed by atoms with Gasteiger partial charge in [-0.15, -0.1) is 0 Å². The number of benzene rings is 2. The molecule has 2 heterocycles. The van der Waals surface area contributed by atoms with Crippen molar-refractivity contribution in [3.8, 4) is 11.1 Å². The molecule has 0 radical (unpaired) electrons. The Balaban J connectivity index is 1.31. The van der Waals surface area contributed by atoms with Crippen LogP contribution < -0.4 is 5.32 Å². The molecule has 8 heteroatoms. The highest BCUT2D eigenvalue weighted by Crippen LogP contribution is 2.48. The molecule has 1 unspecified atom stereocenters. The number of ether oxygens (including phenoxy) is 1. The summed E-state index contributed by atoms with van der Waals surface area (Å²) in [6.45, 7) is 3.25. The number of likely N-dealkylation sites (N-methyl/N-ethyl adjacent to an activating group) is 1. The van der Waals surface area contributed by atoms with E-state index in [1.807, 2.05) is 43.4 Å². The van der Waals surface area contributed by atoms with Crippen LogP contribution in [-0.4, -0.2) is 59.4 Å². The summed E-state index contributed by atoms with van der Waals surface area (Å²) in [6, 6.07) is 16.4. The largest absolute Gasteiger partial charge is 0.454 e. The number of amides is 1. The Morgan fingerprint density at radius 2 is 1.82 bits per heavy atom. The van der Waals surface area contributed by atoms with Crippen molar-refractivity contribution in [2.24, 2.45) is 0 Å². The molecule has 1 saturated heterocycles. The van der Waals surface area contributed by atoms with E-state index in [9.17, 15) is 14.7 Å². The number of rotatable bonds is 5. The van der Waals surface area contributed by atoms with E-state index in [2.05, 4.69) is 10.5 Å². The zero-order chi connectivity index (χ0) is 23.9. The van der Waals surface area contributed by atoms with Gasteiger partial charge in [0.1, 0.15) is 12.3 Å². The standard InChI is InChI=1S/C26H27N3O5/c1-17-14-23(28-34-17)27-24(30)16-29(2)13-7-8-18(15-29)33-25(31)26(32)21-11-5-3-9-19(21)20-10-4-6-12-22(20)26/h3-6,9-12,14,18,32H,7-8,13,15-16H2,1-2H3/p+1/t18-,29?/m1/s1. The number of aryl methyl sites for hydroxylation is 1. The van der Waals surface area contributed by atoms with Crippen molar-refractivity contribution in [1.82, 2.24) is 5.16 Å². The van der Waals surface area contributed by atoms with Crippen LogP contribution in [0.3, 0.4) is 0 Å². The molecule has 1 aromatic heterocycles. The molecule has 2 aliphatic rings. The fraction of sp³-hybridized carbons (Fsp3) is 0.346. The predicted molar refractivity (Wildman–Crippen MR) is 125 cm³/mol. The van der Waals surface area contributed by atoms with Gasteiger partial charge in [0, 0.05) is 23.6 Å². The van der Waals surface area contributed by atoms with Crippen molar-refractivity contribution in [2.75, 3.05) is 32.0 Å². The van der Waals surface area contributed by atoms with Crippen molar-refractivity contribution in [1.29, 1.82) is 0 Å². The molecule has 2 aromatic carbocycles. The van der Waals surface area contributed by atoms with Gasteiger partial charge < -0.3 is 24.2 Å². The van der Waals surface area contributed by atoms with E-state index in [-0.39, 0.29) is 12.5 Å². The van der Waals surface area contributed by atoms with E-state index in [4.69, 9.17) is 9.26 Å². The monoisotopic (exact) mass is 462 g/mol. The van der Waals surface area contributed by atoms with Crippen molar-refractivity contribution < 1.29 is 28.4 Å². The molecule has 0 spiro atoms. The van der Waals surface area contributed by atoms with Crippen LogP contribution >= 0.6 is 0 Å². The molecule has 2 atom stereocenters. The van der Waals surface area contributed by atoms with Crippen LogP contribution in [0, 0.1) is 6.92 Å². The highest BCUT2D eigenvalue weighted by Gasteiger charge is 2.50. The number of aliphatic hydroxyl groups is 1. The third-order valence-electron chi connectivity index (χ3n) is 6.78. The number of nitrogens with zero attached hydrogens (tertiary/aromatic N) is 2. The molecule has 0 bridgehead atoms. The van der Waals surface area contributed by atoms with Gasteiger partial charge >= 0.3 is 5.97 Å². The first-order valence-electron chi connectivity index (χ1n) is 11.5. The molecule has 34 heavy (non-hydrogen) atoms. The SMILES string of the molecule is Cc1cc(NC(=O)C[N+]2(C)CCC[C@@H](OC(=O)C3(O)c4ccccc4-c4ccccc43)C2)no1. The Kier molecular flexibility index (Phi) is 5.50. The molecule has 1 fully saturated rings. The summed E-state index contributed by atoms with van der Waals surface area (Å²) >= 11 is 0. The Morgan fingerprint density at radius 3 is 2.44 bits per heavy atom. The maximum atomic E-state index is 13.5. The first kappa shape index (κ1) is 22.3. The molecule has 176 valence electrons. The second-order valence-electron chi connectivity index (χ2n) is 9.53. The van der Waals surface area contributed by atoms with Gasteiger partial charge in [-0.1, -0.05) is 53.7 Å². The topological polar surface area (TPSA) is 102 Å². The average molecular weight is 463 g/mol. The minimum absolute atomic E-state index is 0.181. The molecule has 2 N–H and O–H groups in total. The number of likely N-dealkylation sites (tertiary alicyclic amines) is 1. The van der Waals surface area contributed by atoms with E-state index < -0.39 is 17.7 Å². The van der Waals surface area contributed by atoms with E-state index >= 15 is 0 Å². The number of fused-ring (bicyclic) bond motifs is 3. The molecule has 1 amide bonds. The molecule has 8 nitrogen and oxygen atoms in total. The number of hydrogen-bond acceptors (Lipinski definition) is 6. The quantitative estimate of drug-likeness (QED) is 0.447. The lowest BCUT2D eigenvalue weighted by Gasteiger charge is -2.40. The Labute approximate surface area is 197 Å². The van der Waals surface area contributed by atoms with Crippen LogP contribution in [0.5, 0.6) is 0 Å². The highest BCUT2D eigenvalue weighted by atomic mass is 16.6. The molecule has 1 aliphatic carbocycles. The number of piperidine rings is 1. The second kappa shape index (κ2) is 8.38. The lowest BCUT2D eigenvalue weighted by Crippen LogP contribution is -2.57. The minimum Gasteiger partial charge on any atom is -0.454 e. The third kappa shape index (κ3) is 3.89. The summed E-state index contributed by atoms with van der Waals surface area (Å²) in [5.41, 5.74) is 0.896. The van der Waals surface area contributed by atoms with Crippen LogP contribution in [0.2, 0.25) is 0 Å². The van der Waals surface area contributed by atoms with Crippen molar-refractivity contribution in [3.05, 3.63) is 71.5 Å². The number of hydrogen-bond donors (Lipinski definition) is 2. The fourth-order valence-corrected chi connectivity index (χ4v) is 5.24. The summed E-state index contributed by atoms with van der Waals surface area (Å²) in [7, 11) is 1.97. The number of carbonyl (C=O) groups is 2. The average Bonchev–Trinajstić information content (AvgIpc) is 3.33. The van der Waals surface area contributed by atoms with Gasteiger partial charge in [0.15, 0.2) is 18.5 Å². The van der Waals surface area contributed by atoms with Crippen molar-refractivity contribution in [2.45, 2.75) is 31.5 Å². The van der Waals surface area contributed by atoms with E-state index in [1.54, 1.807) is 25.1 Å². The predicted octanol–water partition coefficient (Wildman–Crippen LogP) is 2.99. The van der Waals surface area contributed by atoms with Crippen molar-refractivity contribution >= 4 is 17.7 Å². The van der Waals surface area contributed by atoms with Crippen LogP contribution in [0.25, 0.3) is 11.1 Å². The molecular weight excluding hydrogens is 434 g/mol. The number of carbonyl (C=O) groups excluding carboxylic acids is 2. The van der Waals surface area contributed by atoms with Gasteiger partial charge in [-0.2, -0.15) is 0 Å². The Morgan fingerprint density at radius 1 is 1.18 bits per heavy atom. The van der Waals surface area contributed by atoms with E-state index in [0.717, 1.165) is 24.1 Å². The number of esters is 1. The number of aromatic nitrogens is 1. The number of anilines is 1. The highest BCUT2D eigenvalue weighted by molar-refractivity contribution is 5.96. The zero-order valence-corrected chi connectivity index (χ0v) is 19.3. The van der Waals surface area contributed by atoms with Crippen LogP contribution in [-0.2, 0) is 19.9 Å². The van der Waals surface area contributed by atoms with E-state index in [0.29, 0.717) is 40.2 Å². The second-order valence-corrected chi connectivity index (χ2v) is 9.53. The van der Waals surface area contributed by atoms with Gasteiger partial charge in [-0.3, -0.25) is 4.79 Å². The Hall–Kier alpha value is -3.49. The summed E-state index contributed by atoms with van der Waals surface area (Å²) in [6.07, 6.45) is 1.08. The van der Waals surface area contributed by atoms with Gasteiger partial charge in [0.05, 0.1) is 13.6 Å². The van der Waals surface area contributed by atoms with Crippen molar-refractivity contribution in [3.63, 3.8) is 0 Å². The molecule has 3 aromatic rings. The molecule has 5 rings (SSSR count). The number of quaternary nitrogens is 1. The van der Waals surface area contributed by atoms with E-state index in [1.165, 1.54) is 0 Å². The molecule has 0 saturated carbocycles. The Bertz CT molecular complexity index is 1210. The van der Waals surface area contributed by atoms with Crippen LogP contribution in [0.4, 0.5) is 5.82 Å². The molecule has 1 aliphatic heterocycles. The van der Waals surface area contributed by atoms with Gasteiger partial charge in [-0.25, -0.2) is 4.79 Å². The van der Waals surface area contributed by atoms with Crippen LogP contribution in [0.15, 0.2) is 59.1 Å². The first-order valence-corrected chi connectivity index (χ1v) is 11.5. The van der Waals surface area contributed by atoms with Crippen LogP contribution in [0.1, 0.15) is 29.7 Å². The lowest BCUT2D eigenvalue weighted by molar-refractivity contribution is -0.909. The maximum Gasteiger partial charge on any atom is 0.348 e. The first-order chi connectivity index (χ1) is 16.3. The summed E-state index contributed by atoms with van der Waals surface area (Å²) in [5.74, 6) is 0.148. The van der Waals surface area contributed by atoms with Gasteiger partial charge in [0.2, 0.25) is 5.60 Å². The maximum absolute atomic E-state index is 13.5. The minimum atomic E-state index is -1.85. The van der Waals surface area contributed by atoms with Gasteiger partial charge in [-0.05, 0) is 24.5 Å². The normalized spacial score (nSPS) is 22.5. The summed E-state index contributed by atoms with van der Waals surface area (Å²) in [4.78, 5) is 26.1. The van der Waals surface area contributed by atoms with Gasteiger partial charge in [0.25, 0.3) is 5.91 Å². The summed E-state index contributed by atoms with van der Waals surface area (Å²) < 4.78 is 11.3. The summed E-state index contributed by atoms with van der Waals surface area (Å²) in [5, 5.41) is 18.2. The third-order valence-corrected chi connectivity index (χ3v) is 6.78. The smallest absolute Gasteiger partial charge is 0.348 e. The zero-order valence-electron chi connectivity index (χ0n) is 19.3. The molecular formula is C26H28N3O5+.